The molecule has 2 heterocycles. The molecule has 1 aromatic rings. The largest absolute Gasteiger partial charge is 0.488 e. The van der Waals surface area contributed by atoms with Gasteiger partial charge in [-0.25, -0.2) is 0 Å². The minimum atomic E-state index is 0.0412. The van der Waals surface area contributed by atoms with Gasteiger partial charge in [0, 0.05) is 11.6 Å². The highest BCUT2D eigenvalue weighted by Gasteiger charge is 2.36. The van der Waals surface area contributed by atoms with Crippen molar-refractivity contribution in [3.63, 3.8) is 0 Å². The number of hydroxylamine groups is 1. The van der Waals surface area contributed by atoms with Crippen LogP contribution in [0.2, 0.25) is 0 Å². The van der Waals surface area contributed by atoms with E-state index in [1.807, 2.05) is 12.1 Å². The monoisotopic (exact) mass is 251 g/mol. The molecular formula is C13H17NO4. The first-order chi connectivity index (χ1) is 8.83. The van der Waals surface area contributed by atoms with Crippen molar-refractivity contribution < 1.29 is 19.0 Å². The summed E-state index contributed by atoms with van der Waals surface area (Å²) in [5, 5.41) is 0. The molecule has 0 aliphatic carbocycles. The molecule has 18 heavy (non-hydrogen) atoms. The third-order valence-electron chi connectivity index (χ3n) is 3.31. The van der Waals surface area contributed by atoms with E-state index < -0.39 is 0 Å². The molecule has 0 saturated heterocycles. The second kappa shape index (κ2) is 4.66. The minimum Gasteiger partial charge on any atom is -0.488 e. The molecule has 0 aromatic heterocycles. The van der Waals surface area contributed by atoms with Crippen molar-refractivity contribution in [2.45, 2.75) is 31.9 Å². The molecule has 2 unspecified atom stereocenters. The van der Waals surface area contributed by atoms with Crippen LogP contribution in [0.25, 0.3) is 0 Å². The fraction of sp³-hybridized carbons (Fsp3) is 0.538. The highest BCUT2D eigenvalue weighted by atomic mass is 16.7. The lowest BCUT2D eigenvalue weighted by molar-refractivity contribution is 0.0268. The normalized spacial score (nSPS) is 23.9. The topological polar surface area (TPSA) is 49.0 Å². The van der Waals surface area contributed by atoms with E-state index in [4.69, 9.17) is 19.0 Å². The second-order valence-electron chi connectivity index (χ2n) is 4.49. The molecule has 0 saturated carbocycles. The highest BCUT2D eigenvalue weighted by molar-refractivity contribution is 5.54. The van der Waals surface area contributed by atoms with Crippen LogP contribution in [0.1, 0.15) is 31.4 Å². The van der Waals surface area contributed by atoms with Gasteiger partial charge in [-0.15, -0.1) is 0 Å². The van der Waals surface area contributed by atoms with E-state index in [-0.39, 0.29) is 18.9 Å². The number of rotatable bonds is 4. The van der Waals surface area contributed by atoms with Crippen molar-refractivity contribution in [1.29, 1.82) is 0 Å². The van der Waals surface area contributed by atoms with Crippen LogP contribution in [0.4, 0.5) is 0 Å². The number of fused-ring (bicyclic) bond motifs is 2. The fourth-order valence-corrected chi connectivity index (χ4v) is 2.49. The Balaban J connectivity index is 1.93. The predicted molar refractivity (Wildman–Crippen MR) is 64.8 cm³/mol. The molecule has 1 N–H and O–H groups in total. The van der Waals surface area contributed by atoms with Gasteiger partial charge in [0.1, 0.15) is 11.9 Å². The SMILES string of the molecule is CCCC1Oc2cc3c(cc2C1NOC)OCO3. The van der Waals surface area contributed by atoms with E-state index in [1.54, 1.807) is 7.11 Å². The lowest BCUT2D eigenvalue weighted by Gasteiger charge is -2.18. The number of nitrogens with one attached hydrogen (secondary N) is 1. The van der Waals surface area contributed by atoms with Gasteiger partial charge in [0.15, 0.2) is 11.5 Å². The van der Waals surface area contributed by atoms with Crippen molar-refractivity contribution in [2.75, 3.05) is 13.9 Å². The van der Waals surface area contributed by atoms with E-state index >= 15 is 0 Å². The molecule has 1 aromatic carbocycles. The molecule has 98 valence electrons. The molecule has 2 aliphatic rings. The van der Waals surface area contributed by atoms with Gasteiger partial charge in [0.25, 0.3) is 0 Å². The first-order valence-corrected chi connectivity index (χ1v) is 6.22. The summed E-state index contributed by atoms with van der Waals surface area (Å²) in [5.74, 6) is 2.38. The van der Waals surface area contributed by atoms with E-state index in [1.165, 1.54) is 0 Å². The zero-order chi connectivity index (χ0) is 12.5. The van der Waals surface area contributed by atoms with Crippen LogP contribution in [-0.4, -0.2) is 20.0 Å². The van der Waals surface area contributed by atoms with Crippen molar-refractivity contribution in [1.82, 2.24) is 5.48 Å². The molecule has 0 amide bonds. The van der Waals surface area contributed by atoms with Gasteiger partial charge in [-0.2, -0.15) is 5.48 Å². The van der Waals surface area contributed by atoms with Crippen molar-refractivity contribution >= 4 is 0 Å². The molecular weight excluding hydrogens is 234 g/mol. The number of hydrogen-bond donors (Lipinski definition) is 1. The Bertz CT molecular complexity index is 449. The zero-order valence-electron chi connectivity index (χ0n) is 10.6. The quantitative estimate of drug-likeness (QED) is 0.831. The van der Waals surface area contributed by atoms with Crippen molar-refractivity contribution in [3.8, 4) is 17.2 Å². The lowest BCUT2D eigenvalue weighted by atomic mass is 10.0. The van der Waals surface area contributed by atoms with Crippen LogP contribution in [0.3, 0.4) is 0 Å². The van der Waals surface area contributed by atoms with Crippen LogP contribution in [-0.2, 0) is 4.84 Å². The molecule has 0 bridgehead atoms. The number of benzene rings is 1. The average molecular weight is 251 g/mol. The van der Waals surface area contributed by atoms with Crippen LogP contribution in [0.5, 0.6) is 17.2 Å². The zero-order valence-corrected chi connectivity index (χ0v) is 10.6. The smallest absolute Gasteiger partial charge is 0.231 e. The molecule has 0 radical (unpaired) electrons. The maximum absolute atomic E-state index is 5.96. The average Bonchev–Trinajstić information content (AvgIpc) is 2.93. The third-order valence-corrected chi connectivity index (χ3v) is 3.31. The summed E-state index contributed by atoms with van der Waals surface area (Å²) in [4.78, 5) is 5.08. The van der Waals surface area contributed by atoms with Crippen molar-refractivity contribution in [2.24, 2.45) is 0 Å². The molecule has 5 heteroatoms. The van der Waals surface area contributed by atoms with E-state index in [0.717, 1.165) is 35.7 Å². The molecule has 0 fully saturated rings. The fourth-order valence-electron chi connectivity index (χ4n) is 2.49. The van der Waals surface area contributed by atoms with E-state index in [0.29, 0.717) is 0 Å². The Morgan fingerprint density at radius 1 is 1.28 bits per heavy atom. The van der Waals surface area contributed by atoms with Crippen LogP contribution < -0.4 is 19.7 Å². The summed E-state index contributed by atoms with van der Waals surface area (Å²) in [7, 11) is 1.62. The summed E-state index contributed by atoms with van der Waals surface area (Å²) >= 11 is 0. The summed E-state index contributed by atoms with van der Waals surface area (Å²) in [6, 6.07) is 3.92. The lowest BCUT2D eigenvalue weighted by Crippen LogP contribution is -2.30. The first-order valence-electron chi connectivity index (χ1n) is 6.22. The predicted octanol–water partition coefficient (Wildman–Crippen LogP) is 2.17. The van der Waals surface area contributed by atoms with E-state index in [9.17, 15) is 0 Å². The maximum atomic E-state index is 5.96. The van der Waals surface area contributed by atoms with Gasteiger partial charge >= 0.3 is 0 Å². The second-order valence-corrected chi connectivity index (χ2v) is 4.49. The van der Waals surface area contributed by atoms with Gasteiger partial charge < -0.3 is 19.0 Å². The molecule has 2 aliphatic heterocycles. The standard InChI is InChI=1S/C13H17NO4/c1-3-4-9-13(14-15-2)8-5-11-12(17-7-16-11)6-10(8)18-9/h5-6,9,13-14H,3-4,7H2,1-2H3. The van der Waals surface area contributed by atoms with Gasteiger partial charge in [0.05, 0.1) is 13.2 Å². The van der Waals surface area contributed by atoms with Crippen LogP contribution in [0.15, 0.2) is 12.1 Å². The first kappa shape index (κ1) is 11.6. The Labute approximate surface area is 106 Å². The van der Waals surface area contributed by atoms with Crippen molar-refractivity contribution in [3.05, 3.63) is 17.7 Å². The Hall–Kier alpha value is -1.46. The summed E-state index contributed by atoms with van der Waals surface area (Å²) < 4.78 is 16.7. The minimum absolute atomic E-state index is 0.0412. The van der Waals surface area contributed by atoms with Gasteiger partial charge in [-0.3, -0.25) is 0 Å². The highest BCUT2D eigenvalue weighted by Crippen LogP contribution is 2.46. The molecule has 3 rings (SSSR count). The summed E-state index contributed by atoms with van der Waals surface area (Å²) in [6.45, 7) is 2.42. The van der Waals surface area contributed by atoms with Crippen LogP contribution >= 0.6 is 0 Å². The summed E-state index contributed by atoms with van der Waals surface area (Å²) in [6.07, 6.45) is 2.13. The Kier molecular flexibility index (Phi) is 3.01. The van der Waals surface area contributed by atoms with Crippen LogP contribution in [0, 0.1) is 0 Å². The Morgan fingerprint density at radius 2 is 2.06 bits per heavy atom. The molecule has 5 nitrogen and oxygen atoms in total. The number of ether oxygens (including phenoxy) is 3. The maximum Gasteiger partial charge on any atom is 0.231 e. The van der Waals surface area contributed by atoms with E-state index in [2.05, 4.69) is 12.4 Å². The third kappa shape index (κ3) is 1.79. The van der Waals surface area contributed by atoms with Gasteiger partial charge in [0.2, 0.25) is 6.79 Å². The van der Waals surface area contributed by atoms with Gasteiger partial charge in [-0.1, -0.05) is 13.3 Å². The van der Waals surface area contributed by atoms with Gasteiger partial charge in [-0.05, 0) is 12.5 Å². The molecule has 2 atom stereocenters. The Morgan fingerprint density at radius 3 is 2.78 bits per heavy atom. The summed E-state index contributed by atoms with van der Waals surface area (Å²) in [5.41, 5.74) is 4.07. The molecule has 0 spiro atoms. The number of hydrogen-bond acceptors (Lipinski definition) is 5.